The molecule has 3 N–H and O–H groups in total. The highest BCUT2D eigenvalue weighted by Gasteiger charge is 2.32. The fraction of sp³-hybridized carbons (Fsp3) is 0.476. The minimum atomic E-state index is -0.401. The Kier molecular flexibility index (Phi) is 5.51. The number of aromatic nitrogens is 2. The molecule has 0 spiro atoms. The summed E-state index contributed by atoms with van der Waals surface area (Å²) in [6, 6.07) is 5.29. The zero-order chi connectivity index (χ0) is 19.7. The zero-order valence-electron chi connectivity index (χ0n) is 15.7. The number of nitrogens with zero attached hydrogens (tertiary/aromatic N) is 2. The molecule has 0 bridgehead atoms. The molecule has 1 aliphatic heterocycles. The number of H-pyrrole nitrogens is 1. The van der Waals surface area contributed by atoms with Gasteiger partial charge in [0.25, 0.3) is 5.56 Å². The average molecular weight is 401 g/mol. The molecule has 2 unspecified atom stereocenters. The molecule has 4 rings (SSSR count). The van der Waals surface area contributed by atoms with Crippen LogP contribution in [-0.2, 0) is 11.2 Å². The van der Waals surface area contributed by atoms with Crippen molar-refractivity contribution >= 4 is 17.5 Å². The number of nitrogens with one attached hydrogen (secondary N) is 1. The molecule has 28 heavy (non-hydrogen) atoms. The van der Waals surface area contributed by atoms with E-state index in [4.69, 9.17) is 17.3 Å². The van der Waals surface area contributed by atoms with Crippen LogP contribution in [0, 0.1) is 0 Å². The number of carbonyl (C=O) groups is 1. The number of nitrogens with two attached hydrogens (primary N) is 1. The molecule has 1 saturated heterocycles. The van der Waals surface area contributed by atoms with Gasteiger partial charge in [-0.25, -0.2) is 0 Å². The summed E-state index contributed by atoms with van der Waals surface area (Å²) in [5.74, 6) is 0.360. The van der Waals surface area contributed by atoms with E-state index in [1.807, 2.05) is 12.3 Å². The maximum atomic E-state index is 12.2. The Hall–Kier alpha value is -2.18. The van der Waals surface area contributed by atoms with Crippen molar-refractivity contribution in [1.29, 1.82) is 0 Å². The Morgan fingerprint density at radius 2 is 2.14 bits per heavy atom. The van der Waals surface area contributed by atoms with Gasteiger partial charge in [0.15, 0.2) is 0 Å². The standard InChI is InChI=1S/C21H25ClN4O2/c22-16-5-6-17(24-11-16)9-19(20(23)27)26-7-1-2-14(12-26)15-8-18(13-3-4-13)21(28)25-10-15/h5-6,8,10-11,13-14,19H,1-4,7,9,12H2,(H2,23,27)(H,25,28). The lowest BCUT2D eigenvalue weighted by Crippen LogP contribution is -2.50. The van der Waals surface area contributed by atoms with Gasteiger partial charge in [0.1, 0.15) is 0 Å². The van der Waals surface area contributed by atoms with E-state index in [0.29, 0.717) is 17.4 Å². The molecular weight excluding hydrogens is 376 g/mol. The van der Waals surface area contributed by atoms with Crippen LogP contribution >= 0.6 is 11.6 Å². The molecule has 148 valence electrons. The number of hydrogen-bond acceptors (Lipinski definition) is 4. The van der Waals surface area contributed by atoms with E-state index in [1.54, 1.807) is 12.3 Å². The largest absolute Gasteiger partial charge is 0.368 e. The predicted molar refractivity (Wildman–Crippen MR) is 109 cm³/mol. The van der Waals surface area contributed by atoms with E-state index in [2.05, 4.69) is 20.9 Å². The number of primary amides is 1. The van der Waals surface area contributed by atoms with E-state index in [-0.39, 0.29) is 17.4 Å². The highest BCUT2D eigenvalue weighted by molar-refractivity contribution is 6.30. The van der Waals surface area contributed by atoms with Crippen LogP contribution in [0.15, 0.2) is 35.4 Å². The number of aromatic amines is 1. The first-order valence-corrected chi connectivity index (χ1v) is 10.3. The van der Waals surface area contributed by atoms with Crippen LogP contribution in [0.1, 0.15) is 54.3 Å². The van der Waals surface area contributed by atoms with Gasteiger partial charge < -0.3 is 10.7 Å². The number of piperidine rings is 1. The van der Waals surface area contributed by atoms with Crippen molar-refractivity contribution in [2.45, 2.75) is 50.0 Å². The van der Waals surface area contributed by atoms with Crippen LogP contribution < -0.4 is 11.3 Å². The van der Waals surface area contributed by atoms with E-state index in [1.165, 1.54) is 0 Å². The number of likely N-dealkylation sites (tertiary alicyclic amines) is 1. The minimum absolute atomic E-state index is 0.0303. The first-order valence-electron chi connectivity index (χ1n) is 9.87. The fourth-order valence-electron chi connectivity index (χ4n) is 4.15. The summed E-state index contributed by atoms with van der Waals surface area (Å²) in [5, 5.41) is 0.571. The molecule has 7 heteroatoms. The van der Waals surface area contributed by atoms with Gasteiger partial charge in [-0.1, -0.05) is 11.6 Å². The second-order valence-electron chi connectivity index (χ2n) is 7.92. The summed E-state index contributed by atoms with van der Waals surface area (Å²) >= 11 is 5.91. The molecule has 2 aromatic heterocycles. The second-order valence-corrected chi connectivity index (χ2v) is 8.35. The molecule has 0 aromatic carbocycles. The van der Waals surface area contributed by atoms with Crippen molar-refractivity contribution in [1.82, 2.24) is 14.9 Å². The number of amides is 1. The normalized spacial score (nSPS) is 21.4. The third-order valence-corrected chi connectivity index (χ3v) is 6.08. The minimum Gasteiger partial charge on any atom is -0.368 e. The summed E-state index contributed by atoms with van der Waals surface area (Å²) < 4.78 is 0. The second kappa shape index (κ2) is 8.05. The van der Waals surface area contributed by atoms with Crippen molar-refractivity contribution in [2.75, 3.05) is 13.1 Å². The number of halogens is 1. The van der Waals surface area contributed by atoms with Crippen molar-refractivity contribution in [3.8, 4) is 0 Å². The third-order valence-electron chi connectivity index (χ3n) is 5.86. The highest BCUT2D eigenvalue weighted by Crippen LogP contribution is 2.39. The molecule has 2 aromatic rings. The van der Waals surface area contributed by atoms with Gasteiger partial charge in [-0.15, -0.1) is 0 Å². The lowest BCUT2D eigenvalue weighted by molar-refractivity contribution is -0.123. The Morgan fingerprint density at radius 1 is 1.32 bits per heavy atom. The Bertz CT molecular complexity index is 907. The first-order chi connectivity index (χ1) is 13.5. The molecule has 2 aliphatic rings. The van der Waals surface area contributed by atoms with Crippen molar-refractivity contribution in [3.05, 3.63) is 62.8 Å². The van der Waals surface area contributed by atoms with Crippen molar-refractivity contribution in [3.63, 3.8) is 0 Å². The first kappa shape index (κ1) is 19.2. The van der Waals surface area contributed by atoms with Gasteiger partial charge in [0.2, 0.25) is 5.91 Å². The summed E-state index contributed by atoms with van der Waals surface area (Å²) in [4.78, 5) is 33.7. The van der Waals surface area contributed by atoms with Gasteiger partial charge in [0, 0.05) is 36.6 Å². The Morgan fingerprint density at radius 3 is 2.82 bits per heavy atom. The average Bonchev–Trinajstić information content (AvgIpc) is 3.53. The SMILES string of the molecule is NC(=O)C(Cc1ccc(Cl)cn1)N1CCCC(c2c[nH]c(=O)c(C3CC3)c2)C1. The molecular formula is C21H25ClN4O2. The number of carbonyl (C=O) groups excluding carboxylic acids is 1. The Balaban J connectivity index is 1.51. The maximum Gasteiger partial charge on any atom is 0.251 e. The summed E-state index contributed by atoms with van der Waals surface area (Å²) in [7, 11) is 0. The monoisotopic (exact) mass is 400 g/mol. The molecule has 1 saturated carbocycles. The van der Waals surface area contributed by atoms with E-state index >= 15 is 0 Å². The zero-order valence-corrected chi connectivity index (χ0v) is 16.5. The van der Waals surface area contributed by atoms with Crippen LogP contribution in [0.2, 0.25) is 5.02 Å². The summed E-state index contributed by atoms with van der Waals surface area (Å²) in [6.45, 7) is 1.58. The number of pyridine rings is 2. The molecule has 2 fully saturated rings. The summed E-state index contributed by atoms with van der Waals surface area (Å²) in [5.41, 5.74) is 8.63. The van der Waals surface area contributed by atoms with Crippen LogP contribution in [0.5, 0.6) is 0 Å². The van der Waals surface area contributed by atoms with E-state index in [0.717, 1.165) is 55.6 Å². The topological polar surface area (TPSA) is 92.1 Å². The summed E-state index contributed by atoms with van der Waals surface area (Å²) in [6.07, 6.45) is 8.12. The lowest BCUT2D eigenvalue weighted by atomic mass is 9.89. The van der Waals surface area contributed by atoms with Gasteiger partial charge in [-0.2, -0.15) is 0 Å². The number of hydrogen-bond donors (Lipinski definition) is 2. The molecule has 0 radical (unpaired) electrons. The van der Waals surface area contributed by atoms with E-state index < -0.39 is 6.04 Å². The molecule has 1 aliphatic carbocycles. The molecule has 2 atom stereocenters. The van der Waals surface area contributed by atoms with E-state index in [9.17, 15) is 9.59 Å². The van der Waals surface area contributed by atoms with Gasteiger partial charge in [-0.05, 0) is 67.8 Å². The van der Waals surface area contributed by atoms with Crippen LogP contribution in [0.25, 0.3) is 0 Å². The highest BCUT2D eigenvalue weighted by atomic mass is 35.5. The predicted octanol–water partition coefficient (Wildman–Crippen LogP) is 2.58. The molecule has 6 nitrogen and oxygen atoms in total. The Labute approximate surface area is 169 Å². The third kappa shape index (κ3) is 4.28. The van der Waals surface area contributed by atoms with Crippen molar-refractivity contribution < 1.29 is 4.79 Å². The molecule has 3 heterocycles. The quantitative estimate of drug-likeness (QED) is 0.779. The van der Waals surface area contributed by atoms with Gasteiger partial charge in [0.05, 0.1) is 11.1 Å². The van der Waals surface area contributed by atoms with Crippen LogP contribution in [0.4, 0.5) is 0 Å². The van der Waals surface area contributed by atoms with Gasteiger partial charge in [-0.3, -0.25) is 19.5 Å². The van der Waals surface area contributed by atoms with Crippen LogP contribution in [0.3, 0.4) is 0 Å². The van der Waals surface area contributed by atoms with Crippen molar-refractivity contribution in [2.24, 2.45) is 5.73 Å². The lowest BCUT2D eigenvalue weighted by Gasteiger charge is -2.37. The molecule has 1 amide bonds. The van der Waals surface area contributed by atoms with Crippen LogP contribution in [-0.4, -0.2) is 39.9 Å². The fourth-order valence-corrected chi connectivity index (χ4v) is 4.26. The maximum absolute atomic E-state index is 12.2. The smallest absolute Gasteiger partial charge is 0.251 e. The number of rotatable bonds is 6. The van der Waals surface area contributed by atoms with Gasteiger partial charge >= 0.3 is 0 Å².